The normalized spacial score (nSPS) is 20.0. The van der Waals surface area contributed by atoms with Crippen LogP contribution in [0.1, 0.15) is 37.7 Å². The highest BCUT2D eigenvalue weighted by Gasteiger charge is 2.38. The molecule has 2 aliphatic rings. The first kappa shape index (κ1) is 23.1. The molecule has 1 saturated carbocycles. The van der Waals surface area contributed by atoms with Gasteiger partial charge in [0.05, 0.1) is 20.4 Å². The number of hydrogen-bond donors (Lipinski definition) is 1. The molecule has 1 heterocycles. The first-order valence-electron chi connectivity index (χ1n) is 10.4. The standard InChI is InChI=1S/C22H22N4O5S2/c23-33(30,31)19-11-9-16(10-12-19)24-22-25(17-6-2-1-3-7-17)21(27)20(32-22)14-15-5-4-8-18(13-15)26(28)29/h4-5,8-14,17H,1-3,6-7H2,(H2,23,30,31)/b20-14?,24-22-. The monoisotopic (exact) mass is 486 g/mol. The molecule has 0 atom stereocenters. The number of non-ortho nitro benzene ring substituents is 1. The third kappa shape index (κ3) is 5.32. The quantitative estimate of drug-likeness (QED) is 0.382. The Labute approximate surface area is 195 Å². The van der Waals surface area contributed by atoms with Crippen molar-refractivity contribution in [2.24, 2.45) is 10.1 Å². The van der Waals surface area contributed by atoms with Gasteiger partial charge in [0.2, 0.25) is 10.0 Å². The molecule has 0 spiro atoms. The van der Waals surface area contributed by atoms with Gasteiger partial charge in [0.15, 0.2) is 5.17 Å². The van der Waals surface area contributed by atoms with Gasteiger partial charge in [-0.05, 0) is 60.5 Å². The molecule has 0 aromatic heterocycles. The number of benzene rings is 2. The van der Waals surface area contributed by atoms with E-state index in [1.54, 1.807) is 35.2 Å². The van der Waals surface area contributed by atoms with E-state index in [-0.39, 0.29) is 22.5 Å². The van der Waals surface area contributed by atoms with Crippen LogP contribution in [-0.2, 0) is 14.8 Å². The molecule has 0 radical (unpaired) electrons. The van der Waals surface area contributed by atoms with Crippen LogP contribution in [0, 0.1) is 10.1 Å². The van der Waals surface area contributed by atoms with Crippen LogP contribution >= 0.6 is 11.8 Å². The fourth-order valence-electron chi connectivity index (χ4n) is 3.93. The summed E-state index contributed by atoms with van der Waals surface area (Å²) in [5, 5.41) is 16.8. The van der Waals surface area contributed by atoms with Crippen molar-refractivity contribution >= 4 is 50.3 Å². The molecule has 172 valence electrons. The molecule has 2 N–H and O–H groups in total. The topological polar surface area (TPSA) is 136 Å². The number of primary sulfonamides is 1. The van der Waals surface area contributed by atoms with E-state index in [0.29, 0.717) is 21.3 Å². The van der Waals surface area contributed by atoms with Crippen LogP contribution in [-0.4, -0.2) is 35.4 Å². The Morgan fingerprint density at radius 1 is 1.12 bits per heavy atom. The highest BCUT2D eigenvalue weighted by atomic mass is 32.2. The van der Waals surface area contributed by atoms with E-state index >= 15 is 0 Å². The summed E-state index contributed by atoms with van der Waals surface area (Å²) in [5.41, 5.74) is 1.00. The first-order chi connectivity index (χ1) is 15.7. The number of thioether (sulfide) groups is 1. The Bertz CT molecular complexity index is 1250. The van der Waals surface area contributed by atoms with Crippen LogP contribution in [0.5, 0.6) is 0 Å². The highest BCUT2D eigenvalue weighted by molar-refractivity contribution is 8.18. The first-order valence-corrected chi connectivity index (χ1v) is 12.8. The van der Waals surface area contributed by atoms with Gasteiger partial charge >= 0.3 is 0 Å². The van der Waals surface area contributed by atoms with Crippen LogP contribution in [0.25, 0.3) is 6.08 Å². The summed E-state index contributed by atoms with van der Waals surface area (Å²) in [7, 11) is -3.81. The van der Waals surface area contributed by atoms with Crippen LogP contribution in [0.4, 0.5) is 11.4 Å². The average molecular weight is 487 g/mol. The van der Waals surface area contributed by atoms with E-state index in [2.05, 4.69) is 4.99 Å². The maximum absolute atomic E-state index is 13.3. The number of nitro benzene ring substituents is 1. The van der Waals surface area contributed by atoms with Gasteiger partial charge < -0.3 is 0 Å². The van der Waals surface area contributed by atoms with Crippen molar-refractivity contribution in [2.45, 2.75) is 43.0 Å². The zero-order chi connectivity index (χ0) is 23.6. The van der Waals surface area contributed by atoms with Gasteiger partial charge in [-0.15, -0.1) is 0 Å². The smallest absolute Gasteiger partial charge is 0.270 e. The molecule has 2 aromatic rings. The summed E-state index contributed by atoms with van der Waals surface area (Å²) in [6.07, 6.45) is 6.57. The van der Waals surface area contributed by atoms with E-state index in [9.17, 15) is 23.3 Å². The van der Waals surface area contributed by atoms with Gasteiger partial charge in [-0.1, -0.05) is 31.4 Å². The van der Waals surface area contributed by atoms with E-state index in [4.69, 9.17) is 5.14 Å². The van der Waals surface area contributed by atoms with Crippen molar-refractivity contribution < 1.29 is 18.1 Å². The van der Waals surface area contributed by atoms with Crippen LogP contribution < -0.4 is 5.14 Å². The number of carbonyl (C=O) groups excluding carboxylic acids is 1. The summed E-state index contributed by atoms with van der Waals surface area (Å²) < 4.78 is 23.0. The third-order valence-corrected chi connectivity index (χ3v) is 7.46. The molecule has 2 fully saturated rings. The van der Waals surface area contributed by atoms with E-state index in [1.165, 1.54) is 36.0 Å². The predicted molar refractivity (Wildman–Crippen MR) is 127 cm³/mol. The minimum atomic E-state index is -3.81. The van der Waals surface area contributed by atoms with Crippen molar-refractivity contribution in [2.75, 3.05) is 0 Å². The van der Waals surface area contributed by atoms with Gasteiger partial charge in [0.25, 0.3) is 11.6 Å². The Balaban J connectivity index is 1.70. The minimum Gasteiger partial charge on any atom is -0.283 e. The Hall–Kier alpha value is -3.02. The molecule has 11 heteroatoms. The lowest BCUT2D eigenvalue weighted by Gasteiger charge is -2.30. The van der Waals surface area contributed by atoms with E-state index in [0.717, 1.165) is 32.1 Å². The fraction of sp³-hybridized carbons (Fsp3) is 0.273. The summed E-state index contributed by atoms with van der Waals surface area (Å²) in [4.78, 5) is 30.7. The molecule has 0 unspecified atom stereocenters. The molecular formula is C22H22N4O5S2. The zero-order valence-corrected chi connectivity index (χ0v) is 19.2. The van der Waals surface area contributed by atoms with E-state index < -0.39 is 14.9 Å². The highest BCUT2D eigenvalue weighted by Crippen LogP contribution is 2.38. The number of amidine groups is 1. The molecule has 1 amide bonds. The number of nitrogens with two attached hydrogens (primary N) is 1. The summed E-state index contributed by atoms with van der Waals surface area (Å²) >= 11 is 1.21. The molecule has 1 aliphatic heterocycles. The predicted octanol–water partition coefficient (Wildman–Crippen LogP) is 4.18. The summed E-state index contributed by atoms with van der Waals surface area (Å²) in [6, 6.07) is 12.0. The number of nitrogens with zero attached hydrogens (tertiary/aromatic N) is 3. The molecule has 1 aliphatic carbocycles. The maximum Gasteiger partial charge on any atom is 0.270 e. The second-order valence-electron chi connectivity index (χ2n) is 7.86. The number of hydrogen-bond acceptors (Lipinski definition) is 7. The number of sulfonamides is 1. The van der Waals surface area contributed by atoms with Crippen molar-refractivity contribution in [3.05, 3.63) is 69.1 Å². The minimum absolute atomic E-state index is 0.0167. The summed E-state index contributed by atoms with van der Waals surface area (Å²) in [6.45, 7) is 0. The second kappa shape index (κ2) is 9.46. The lowest BCUT2D eigenvalue weighted by Crippen LogP contribution is -2.40. The Morgan fingerprint density at radius 2 is 1.82 bits per heavy atom. The molecule has 4 rings (SSSR count). The number of carbonyl (C=O) groups is 1. The van der Waals surface area contributed by atoms with E-state index in [1.807, 2.05) is 0 Å². The third-order valence-electron chi connectivity index (χ3n) is 5.55. The van der Waals surface area contributed by atoms with Crippen molar-refractivity contribution in [3.8, 4) is 0 Å². The van der Waals surface area contributed by atoms with Crippen molar-refractivity contribution in [1.29, 1.82) is 0 Å². The zero-order valence-electron chi connectivity index (χ0n) is 17.6. The molecule has 0 bridgehead atoms. The van der Waals surface area contributed by atoms with Gasteiger partial charge in [0, 0.05) is 18.2 Å². The average Bonchev–Trinajstić information content (AvgIpc) is 3.08. The lowest BCUT2D eigenvalue weighted by atomic mass is 9.94. The fourth-order valence-corrected chi connectivity index (χ4v) is 5.50. The Kier molecular flexibility index (Phi) is 6.63. The summed E-state index contributed by atoms with van der Waals surface area (Å²) in [5.74, 6) is -0.182. The largest absolute Gasteiger partial charge is 0.283 e. The van der Waals surface area contributed by atoms with Crippen molar-refractivity contribution in [3.63, 3.8) is 0 Å². The van der Waals surface area contributed by atoms with Gasteiger partial charge in [-0.25, -0.2) is 18.5 Å². The Morgan fingerprint density at radius 3 is 2.45 bits per heavy atom. The van der Waals surface area contributed by atoms with Crippen molar-refractivity contribution in [1.82, 2.24) is 4.90 Å². The van der Waals surface area contributed by atoms with Crippen LogP contribution in [0.3, 0.4) is 0 Å². The SMILES string of the molecule is NS(=O)(=O)c1ccc(/N=C2\SC(=Cc3cccc([N+](=O)[O-])c3)C(=O)N2C2CCCCC2)cc1. The number of rotatable bonds is 5. The van der Waals surface area contributed by atoms with Crippen LogP contribution in [0.2, 0.25) is 0 Å². The lowest BCUT2D eigenvalue weighted by molar-refractivity contribution is -0.384. The molecule has 9 nitrogen and oxygen atoms in total. The van der Waals surface area contributed by atoms with Gasteiger partial charge in [-0.2, -0.15) is 0 Å². The molecular weight excluding hydrogens is 464 g/mol. The van der Waals surface area contributed by atoms with Gasteiger partial charge in [-0.3, -0.25) is 19.8 Å². The van der Waals surface area contributed by atoms with Gasteiger partial charge in [0.1, 0.15) is 0 Å². The number of nitro groups is 1. The van der Waals surface area contributed by atoms with Crippen LogP contribution in [0.15, 0.2) is 63.3 Å². The molecule has 1 saturated heterocycles. The molecule has 2 aromatic carbocycles. The molecule has 33 heavy (non-hydrogen) atoms. The number of amides is 1. The number of aliphatic imine (C=N–C) groups is 1. The second-order valence-corrected chi connectivity index (χ2v) is 10.4. The maximum atomic E-state index is 13.3.